The van der Waals surface area contributed by atoms with Crippen molar-refractivity contribution in [1.82, 2.24) is 4.72 Å². The molecule has 0 fully saturated rings. The van der Waals surface area contributed by atoms with Gasteiger partial charge in [0.15, 0.2) is 11.3 Å². The number of rotatable bonds is 7. The Morgan fingerprint density at radius 2 is 1.57 bits per heavy atom. The second-order valence-corrected chi connectivity index (χ2v) is 10.1. The van der Waals surface area contributed by atoms with E-state index in [4.69, 9.17) is 16.3 Å². The van der Waals surface area contributed by atoms with Crippen molar-refractivity contribution in [3.05, 3.63) is 64.7 Å². The number of hydrogen-bond acceptors (Lipinski definition) is 3. The van der Waals surface area contributed by atoms with E-state index in [1.807, 2.05) is 0 Å². The lowest BCUT2D eigenvalue weighted by atomic mass is 9.83. The molecule has 1 N–H and O–H groups in total. The molecule has 2 aromatic carbocycles. The van der Waals surface area contributed by atoms with E-state index < -0.39 is 39.7 Å². The van der Waals surface area contributed by atoms with Crippen LogP contribution in [0.15, 0.2) is 48.5 Å². The Morgan fingerprint density at radius 3 is 2.00 bits per heavy atom. The number of benzene rings is 2. The van der Waals surface area contributed by atoms with Crippen LogP contribution in [0.1, 0.15) is 43.1 Å². The summed E-state index contributed by atoms with van der Waals surface area (Å²) in [5.74, 6) is -0.408. The maximum Gasteiger partial charge on any atom is 0.412 e. The molecular weight excluding hydrogens is 439 g/mol. The lowest BCUT2D eigenvalue weighted by Crippen LogP contribution is -2.58. The molecule has 0 bridgehead atoms. The highest BCUT2D eigenvalue weighted by Gasteiger charge is 2.58. The highest BCUT2D eigenvalue weighted by molar-refractivity contribution is 7.84. The predicted molar refractivity (Wildman–Crippen MR) is 112 cm³/mol. The molecule has 0 spiro atoms. The summed E-state index contributed by atoms with van der Waals surface area (Å²) in [6.07, 6.45) is -5.91. The third-order valence-corrected chi connectivity index (χ3v) is 6.38. The molecule has 0 amide bonds. The van der Waals surface area contributed by atoms with Crippen LogP contribution in [0.3, 0.4) is 0 Å². The number of carbonyl (C=O) groups excluding carboxylic acids is 1. The van der Waals surface area contributed by atoms with Crippen molar-refractivity contribution < 1.29 is 26.9 Å². The zero-order chi connectivity index (χ0) is 22.7. The summed E-state index contributed by atoms with van der Waals surface area (Å²) in [4.78, 5) is 12.8. The first-order valence-electron chi connectivity index (χ1n) is 9.00. The highest BCUT2D eigenvalue weighted by Crippen LogP contribution is 2.44. The van der Waals surface area contributed by atoms with Crippen molar-refractivity contribution in [2.45, 2.75) is 43.7 Å². The second-order valence-electron chi connectivity index (χ2n) is 7.72. The summed E-state index contributed by atoms with van der Waals surface area (Å²) in [7, 11) is -0.720. The molecule has 2 atom stereocenters. The Kier molecular flexibility index (Phi) is 7.37. The molecule has 4 nitrogen and oxygen atoms in total. The van der Waals surface area contributed by atoms with Crippen molar-refractivity contribution >= 4 is 28.4 Å². The molecule has 164 valence electrons. The van der Waals surface area contributed by atoms with Crippen LogP contribution in [-0.2, 0) is 16.5 Å². The molecule has 30 heavy (non-hydrogen) atoms. The molecule has 0 saturated heterocycles. The van der Waals surface area contributed by atoms with Gasteiger partial charge in [0.2, 0.25) is 0 Å². The van der Waals surface area contributed by atoms with Gasteiger partial charge in [0.25, 0.3) is 0 Å². The van der Waals surface area contributed by atoms with Gasteiger partial charge in [0.1, 0.15) is 5.75 Å². The maximum absolute atomic E-state index is 14.5. The van der Waals surface area contributed by atoms with Crippen molar-refractivity contribution in [2.24, 2.45) is 0 Å². The van der Waals surface area contributed by atoms with Gasteiger partial charge in [-0.3, -0.25) is 4.79 Å². The fraction of sp³-hybridized carbons (Fsp3) is 0.381. The Morgan fingerprint density at radius 1 is 1.03 bits per heavy atom. The van der Waals surface area contributed by atoms with Crippen LogP contribution in [0.2, 0.25) is 5.02 Å². The largest absolute Gasteiger partial charge is 0.497 e. The quantitative estimate of drug-likeness (QED) is 0.559. The molecule has 0 aliphatic rings. The van der Waals surface area contributed by atoms with Crippen molar-refractivity contribution in [2.75, 3.05) is 7.11 Å². The first-order valence-corrected chi connectivity index (χ1v) is 10.5. The molecule has 2 rings (SSSR count). The smallest absolute Gasteiger partial charge is 0.412 e. The lowest BCUT2D eigenvalue weighted by molar-refractivity contribution is -0.193. The van der Waals surface area contributed by atoms with Gasteiger partial charge in [0.05, 0.1) is 22.8 Å². The van der Waals surface area contributed by atoms with E-state index in [1.165, 1.54) is 55.6 Å². The number of methoxy groups -OCH3 is 1. The van der Waals surface area contributed by atoms with E-state index >= 15 is 0 Å². The SMILES string of the molecule is COc1ccc([C@@](CC(=O)c2ccc(Cl)cc2)(NS(=O)C(C)(C)C)C(F)(F)F)cc1. The van der Waals surface area contributed by atoms with Crippen LogP contribution in [0.5, 0.6) is 5.75 Å². The lowest BCUT2D eigenvalue weighted by Gasteiger charge is -2.38. The van der Waals surface area contributed by atoms with Gasteiger partial charge in [0, 0.05) is 17.0 Å². The van der Waals surface area contributed by atoms with E-state index in [-0.39, 0.29) is 11.1 Å². The van der Waals surface area contributed by atoms with E-state index in [0.29, 0.717) is 10.8 Å². The number of ketones is 1. The van der Waals surface area contributed by atoms with Gasteiger partial charge < -0.3 is 4.74 Å². The normalized spacial score (nSPS) is 15.3. The third kappa shape index (κ3) is 5.42. The minimum Gasteiger partial charge on any atom is -0.497 e. The monoisotopic (exact) mass is 461 g/mol. The first kappa shape index (κ1) is 24.4. The number of halogens is 4. The topological polar surface area (TPSA) is 55.4 Å². The summed E-state index contributed by atoms with van der Waals surface area (Å²) in [6.45, 7) is 4.64. The molecule has 0 radical (unpaired) electrons. The fourth-order valence-corrected chi connectivity index (χ4v) is 3.74. The van der Waals surface area contributed by atoms with Crippen molar-refractivity contribution in [1.29, 1.82) is 0 Å². The molecule has 0 aliphatic carbocycles. The second kappa shape index (κ2) is 9.08. The van der Waals surface area contributed by atoms with Crippen LogP contribution in [0, 0.1) is 0 Å². The van der Waals surface area contributed by atoms with Gasteiger partial charge in [-0.25, -0.2) is 8.93 Å². The van der Waals surface area contributed by atoms with Gasteiger partial charge in [-0.15, -0.1) is 0 Å². The van der Waals surface area contributed by atoms with Crippen LogP contribution in [0.25, 0.3) is 0 Å². The summed E-state index contributed by atoms with van der Waals surface area (Å²) < 4.78 is 62.6. The van der Waals surface area contributed by atoms with Crippen molar-refractivity contribution in [3.8, 4) is 5.75 Å². The summed E-state index contributed by atoms with van der Waals surface area (Å²) >= 11 is 5.81. The minimum atomic E-state index is -4.93. The van der Waals surface area contributed by atoms with Gasteiger partial charge in [-0.1, -0.05) is 23.7 Å². The maximum atomic E-state index is 14.5. The highest BCUT2D eigenvalue weighted by atomic mass is 35.5. The van der Waals surface area contributed by atoms with E-state index in [1.54, 1.807) is 20.8 Å². The van der Waals surface area contributed by atoms with E-state index in [9.17, 15) is 22.2 Å². The molecule has 0 aliphatic heterocycles. The van der Waals surface area contributed by atoms with Crippen LogP contribution >= 0.6 is 11.6 Å². The van der Waals surface area contributed by atoms with Crippen molar-refractivity contribution in [3.63, 3.8) is 0 Å². The van der Waals surface area contributed by atoms with Gasteiger partial charge in [-0.05, 0) is 62.7 Å². The molecule has 0 aromatic heterocycles. The zero-order valence-electron chi connectivity index (χ0n) is 17.0. The average molecular weight is 462 g/mol. The summed E-state index contributed by atoms with van der Waals surface area (Å²) in [6, 6.07) is 10.7. The standard InChI is InChI=1S/C21H23ClF3NO3S/c1-19(2,3)30(28)26-20(21(23,24)25,15-7-11-17(29-4)12-8-15)13-18(27)14-5-9-16(22)10-6-14/h5-12,26H,13H2,1-4H3/t20-,30?/m1/s1. The first-order chi connectivity index (χ1) is 13.8. The van der Waals surface area contributed by atoms with Gasteiger partial charge >= 0.3 is 6.18 Å². The number of nitrogens with one attached hydrogen (secondary N) is 1. The number of carbonyl (C=O) groups is 1. The Labute approximate surface area is 181 Å². The Bertz CT molecular complexity index is 909. The number of ether oxygens (including phenoxy) is 1. The molecular formula is C21H23ClF3NO3S. The number of hydrogen-bond donors (Lipinski definition) is 1. The fourth-order valence-electron chi connectivity index (χ4n) is 2.68. The van der Waals surface area contributed by atoms with E-state index in [2.05, 4.69) is 4.72 Å². The average Bonchev–Trinajstić information content (AvgIpc) is 2.66. The zero-order valence-corrected chi connectivity index (χ0v) is 18.5. The molecule has 2 aromatic rings. The van der Waals surface area contributed by atoms with Crippen LogP contribution < -0.4 is 9.46 Å². The predicted octanol–water partition coefficient (Wildman–Crippen LogP) is 5.43. The molecule has 0 saturated carbocycles. The minimum absolute atomic E-state index is 0.0740. The van der Waals surface area contributed by atoms with E-state index in [0.717, 1.165) is 0 Å². The molecule has 1 unspecified atom stereocenters. The number of Topliss-reactive ketones (excluding diaryl/α,β-unsaturated/α-hetero) is 1. The Hall–Kier alpha value is -1.90. The summed E-state index contributed by atoms with van der Waals surface area (Å²) in [5, 5.41) is 0.357. The van der Waals surface area contributed by atoms with Crippen LogP contribution in [-0.4, -0.2) is 28.0 Å². The summed E-state index contributed by atoms with van der Waals surface area (Å²) in [5.41, 5.74) is -3.03. The molecule has 9 heteroatoms. The third-order valence-electron chi connectivity index (χ3n) is 4.48. The Balaban J connectivity index is 2.61. The van der Waals surface area contributed by atoms with Gasteiger partial charge in [-0.2, -0.15) is 13.2 Å². The van der Waals surface area contributed by atoms with Crippen LogP contribution in [0.4, 0.5) is 13.2 Å². The molecule has 0 heterocycles. The number of alkyl halides is 3.